The Morgan fingerprint density at radius 3 is 2.71 bits per heavy atom. The van der Waals surface area contributed by atoms with Gasteiger partial charge >= 0.3 is 0 Å². The fourth-order valence-corrected chi connectivity index (χ4v) is 2.67. The minimum atomic E-state index is -0.446. The first-order chi connectivity index (χ1) is 11.1. The van der Waals surface area contributed by atoms with E-state index in [-0.39, 0.29) is 36.5 Å². The summed E-state index contributed by atoms with van der Waals surface area (Å²) in [5, 5.41) is 10.8. The maximum Gasteiger partial charge on any atom is 0.269 e. The van der Waals surface area contributed by atoms with Crippen molar-refractivity contribution in [1.29, 1.82) is 0 Å². The predicted molar refractivity (Wildman–Crippen MR) is 93.3 cm³/mol. The van der Waals surface area contributed by atoms with Gasteiger partial charge < -0.3 is 15.4 Å². The minimum Gasteiger partial charge on any atom is -0.378 e. The molecule has 0 atom stereocenters. The summed E-state index contributed by atoms with van der Waals surface area (Å²) in [4.78, 5) is 24.4. The van der Waals surface area contributed by atoms with Crippen LogP contribution in [-0.2, 0) is 16.0 Å². The predicted octanol–water partition coefficient (Wildman–Crippen LogP) is 1.92. The molecule has 0 spiro atoms. The zero-order valence-corrected chi connectivity index (χ0v) is 14.4. The van der Waals surface area contributed by atoms with E-state index in [9.17, 15) is 14.9 Å². The van der Waals surface area contributed by atoms with Gasteiger partial charge in [0, 0.05) is 31.8 Å². The molecular formula is C16H24ClN3O4. The molecule has 1 aromatic rings. The Hall–Kier alpha value is -1.70. The SMILES string of the molecule is Cl.NCCCOC1CCN(C(=O)Cc2cccc([N+](=O)[O-])c2)CC1. The summed E-state index contributed by atoms with van der Waals surface area (Å²) in [6.07, 6.45) is 2.89. The van der Waals surface area contributed by atoms with Crippen molar-refractivity contribution in [2.45, 2.75) is 31.8 Å². The third-order valence-electron chi connectivity index (χ3n) is 3.97. The monoisotopic (exact) mass is 357 g/mol. The van der Waals surface area contributed by atoms with Crippen molar-refractivity contribution in [2.24, 2.45) is 5.73 Å². The van der Waals surface area contributed by atoms with Gasteiger partial charge in [0.25, 0.3) is 5.69 Å². The van der Waals surface area contributed by atoms with Crippen LogP contribution in [0.25, 0.3) is 0 Å². The molecule has 0 saturated carbocycles. The van der Waals surface area contributed by atoms with Crippen LogP contribution in [0.5, 0.6) is 0 Å². The van der Waals surface area contributed by atoms with Crippen LogP contribution in [0, 0.1) is 10.1 Å². The number of nitro groups is 1. The summed E-state index contributed by atoms with van der Waals surface area (Å²) in [6, 6.07) is 6.24. The van der Waals surface area contributed by atoms with E-state index < -0.39 is 4.92 Å². The molecular weight excluding hydrogens is 334 g/mol. The Labute approximate surface area is 147 Å². The highest BCUT2D eigenvalue weighted by atomic mass is 35.5. The van der Waals surface area contributed by atoms with Crippen LogP contribution in [0.15, 0.2) is 24.3 Å². The summed E-state index contributed by atoms with van der Waals surface area (Å²) in [5.74, 6) is 0.00547. The molecule has 0 radical (unpaired) electrons. The van der Waals surface area contributed by atoms with E-state index in [1.54, 1.807) is 12.1 Å². The van der Waals surface area contributed by atoms with Crippen molar-refractivity contribution in [3.63, 3.8) is 0 Å². The number of benzene rings is 1. The lowest BCUT2D eigenvalue weighted by atomic mass is 10.1. The van der Waals surface area contributed by atoms with Gasteiger partial charge in [-0.15, -0.1) is 12.4 Å². The van der Waals surface area contributed by atoms with Crippen molar-refractivity contribution in [2.75, 3.05) is 26.2 Å². The number of piperidine rings is 1. The zero-order valence-electron chi connectivity index (χ0n) is 13.6. The van der Waals surface area contributed by atoms with Crippen LogP contribution in [0.2, 0.25) is 0 Å². The van der Waals surface area contributed by atoms with Crippen molar-refractivity contribution in [3.05, 3.63) is 39.9 Å². The molecule has 2 rings (SSSR count). The number of carbonyl (C=O) groups excluding carboxylic acids is 1. The van der Waals surface area contributed by atoms with E-state index in [4.69, 9.17) is 10.5 Å². The average Bonchev–Trinajstić information content (AvgIpc) is 2.56. The molecule has 134 valence electrons. The number of nitro benzene ring substituents is 1. The van der Waals surface area contributed by atoms with Crippen molar-refractivity contribution in [3.8, 4) is 0 Å². The fourth-order valence-electron chi connectivity index (χ4n) is 2.67. The van der Waals surface area contributed by atoms with Gasteiger partial charge in [0.2, 0.25) is 5.91 Å². The van der Waals surface area contributed by atoms with Crippen LogP contribution in [0.3, 0.4) is 0 Å². The van der Waals surface area contributed by atoms with Crippen LogP contribution >= 0.6 is 12.4 Å². The van der Waals surface area contributed by atoms with E-state index in [1.807, 2.05) is 4.90 Å². The number of non-ortho nitro benzene ring substituents is 1. The molecule has 1 aliphatic rings. The lowest BCUT2D eigenvalue weighted by Gasteiger charge is -2.32. The van der Waals surface area contributed by atoms with Crippen LogP contribution in [-0.4, -0.2) is 48.1 Å². The molecule has 2 N–H and O–H groups in total. The average molecular weight is 358 g/mol. The highest BCUT2D eigenvalue weighted by Gasteiger charge is 2.23. The van der Waals surface area contributed by atoms with Gasteiger partial charge in [0.1, 0.15) is 0 Å². The first kappa shape index (κ1) is 20.3. The van der Waals surface area contributed by atoms with E-state index in [0.717, 1.165) is 19.3 Å². The Kier molecular flexibility index (Phi) is 8.67. The molecule has 1 aromatic carbocycles. The summed E-state index contributed by atoms with van der Waals surface area (Å²) in [6.45, 7) is 2.63. The molecule has 1 saturated heterocycles. The number of hydrogen-bond acceptors (Lipinski definition) is 5. The second-order valence-electron chi connectivity index (χ2n) is 5.70. The van der Waals surface area contributed by atoms with E-state index in [2.05, 4.69) is 0 Å². The van der Waals surface area contributed by atoms with E-state index >= 15 is 0 Å². The molecule has 0 bridgehead atoms. The Bertz CT molecular complexity index is 548. The number of carbonyl (C=O) groups is 1. The van der Waals surface area contributed by atoms with Gasteiger partial charge in [-0.05, 0) is 31.4 Å². The van der Waals surface area contributed by atoms with Crippen LogP contribution in [0.1, 0.15) is 24.8 Å². The molecule has 7 nitrogen and oxygen atoms in total. The fraction of sp³-hybridized carbons (Fsp3) is 0.562. The molecule has 0 aromatic heterocycles. The van der Waals surface area contributed by atoms with Gasteiger partial charge in [-0.25, -0.2) is 0 Å². The number of likely N-dealkylation sites (tertiary alicyclic amines) is 1. The standard InChI is InChI=1S/C16H23N3O4.ClH/c17-7-2-10-23-15-5-8-18(9-6-15)16(20)12-13-3-1-4-14(11-13)19(21)22;/h1,3-4,11,15H,2,5-10,12,17H2;1H. The van der Waals surface area contributed by atoms with Crippen molar-refractivity contribution >= 4 is 24.0 Å². The van der Waals surface area contributed by atoms with Crippen molar-refractivity contribution in [1.82, 2.24) is 4.90 Å². The minimum absolute atomic E-state index is 0. The molecule has 1 aliphatic heterocycles. The van der Waals surface area contributed by atoms with Gasteiger partial charge in [0.05, 0.1) is 17.4 Å². The first-order valence-corrected chi connectivity index (χ1v) is 7.93. The van der Waals surface area contributed by atoms with Crippen LogP contribution in [0.4, 0.5) is 5.69 Å². The molecule has 1 amide bonds. The van der Waals surface area contributed by atoms with Gasteiger partial charge in [-0.3, -0.25) is 14.9 Å². The number of rotatable bonds is 7. The maximum atomic E-state index is 12.3. The Morgan fingerprint density at radius 1 is 1.38 bits per heavy atom. The molecule has 1 fully saturated rings. The number of nitrogens with zero attached hydrogens (tertiary/aromatic N) is 2. The third-order valence-corrected chi connectivity index (χ3v) is 3.97. The topological polar surface area (TPSA) is 98.7 Å². The quantitative estimate of drug-likeness (QED) is 0.456. The van der Waals surface area contributed by atoms with E-state index in [1.165, 1.54) is 12.1 Å². The number of amides is 1. The summed E-state index contributed by atoms with van der Waals surface area (Å²) in [7, 11) is 0. The highest BCUT2D eigenvalue weighted by molar-refractivity contribution is 5.85. The second kappa shape index (κ2) is 10.2. The largest absolute Gasteiger partial charge is 0.378 e. The van der Waals surface area contributed by atoms with Gasteiger partial charge in [0.15, 0.2) is 0 Å². The smallest absolute Gasteiger partial charge is 0.269 e. The summed E-state index contributed by atoms with van der Waals surface area (Å²) in [5.41, 5.74) is 6.12. The van der Waals surface area contributed by atoms with Crippen LogP contribution < -0.4 is 5.73 Å². The van der Waals surface area contributed by atoms with Crippen molar-refractivity contribution < 1.29 is 14.5 Å². The second-order valence-corrected chi connectivity index (χ2v) is 5.70. The number of nitrogens with two attached hydrogens (primary N) is 1. The summed E-state index contributed by atoms with van der Waals surface area (Å²) >= 11 is 0. The molecule has 0 aliphatic carbocycles. The molecule has 0 unspecified atom stereocenters. The highest BCUT2D eigenvalue weighted by Crippen LogP contribution is 2.17. The Morgan fingerprint density at radius 2 is 2.08 bits per heavy atom. The Balaban J connectivity index is 0.00000288. The molecule has 24 heavy (non-hydrogen) atoms. The number of hydrogen-bond donors (Lipinski definition) is 1. The normalized spacial score (nSPS) is 15.0. The first-order valence-electron chi connectivity index (χ1n) is 7.93. The summed E-state index contributed by atoms with van der Waals surface area (Å²) < 4.78 is 5.72. The van der Waals surface area contributed by atoms with Gasteiger partial charge in [-0.1, -0.05) is 12.1 Å². The van der Waals surface area contributed by atoms with E-state index in [0.29, 0.717) is 31.8 Å². The third kappa shape index (κ3) is 6.07. The lowest BCUT2D eigenvalue weighted by Crippen LogP contribution is -2.41. The van der Waals surface area contributed by atoms with Gasteiger partial charge in [-0.2, -0.15) is 0 Å². The zero-order chi connectivity index (χ0) is 16.7. The maximum absolute atomic E-state index is 12.3. The number of halogens is 1. The number of ether oxygens (including phenoxy) is 1. The lowest BCUT2D eigenvalue weighted by molar-refractivity contribution is -0.384. The molecule has 1 heterocycles. The molecule has 8 heteroatoms.